The molecule has 1 heterocycles. The summed E-state index contributed by atoms with van der Waals surface area (Å²) in [6.45, 7) is 5.79. The fourth-order valence-electron chi connectivity index (χ4n) is 2.99. The first-order chi connectivity index (χ1) is 13.5. The zero-order chi connectivity index (χ0) is 22.4. The standard InChI is InChI=1S/C19H36O10/c1-5-12(21)8-7-10(3)28-17-16(24)15(23)14(22)13(29-17)9-27-18(25)19(26,6-2)11(4)20/h10-17,20-24,26H,5-9H2,1-4H3/t10-,11-,12+,13-,14-,15+,16-,17-,19+/m1/s1. The van der Waals surface area contributed by atoms with Gasteiger partial charge in [-0.1, -0.05) is 13.8 Å². The van der Waals surface area contributed by atoms with Gasteiger partial charge in [0, 0.05) is 0 Å². The van der Waals surface area contributed by atoms with Crippen molar-refractivity contribution in [2.45, 2.75) is 108 Å². The number of rotatable bonds is 11. The summed E-state index contributed by atoms with van der Waals surface area (Å²) in [7, 11) is 0. The lowest BCUT2D eigenvalue weighted by atomic mass is 9.95. The van der Waals surface area contributed by atoms with Crippen LogP contribution in [-0.4, -0.2) is 97.8 Å². The van der Waals surface area contributed by atoms with Crippen LogP contribution in [0.15, 0.2) is 0 Å². The van der Waals surface area contributed by atoms with Gasteiger partial charge in [0.1, 0.15) is 31.0 Å². The maximum Gasteiger partial charge on any atom is 0.340 e. The summed E-state index contributed by atoms with van der Waals surface area (Å²) in [6.07, 6.45) is -7.97. The molecule has 10 nitrogen and oxygen atoms in total. The number of hydrogen-bond donors (Lipinski definition) is 6. The highest BCUT2D eigenvalue weighted by Crippen LogP contribution is 2.25. The lowest BCUT2D eigenvalue weighted by molar-refractivity contribution is -0.311. The molecule has 0 aromatic rings. The van der Waals surface area contributed by atoms with E-state index < -0.39 is 67.2 Å². The number of aliphatic hydroxyl groups is 6. The highest BCUT2D eigenvalue weighted by molar-refractivity contribution is 5.80. The Morgan fingerprint density at radius 1 is 1.07 bits per heavy atom. The van der Waals surface area contributed by atoms with Gasteiger partial charge in [-0.15, -0.1) is 0 Å². The van der Waals surface area contributed by atoms with Crippen LogP contribution in [0.1, 0.15) is 53.4 Å². The molecule has 9 atom stereocenters. The van der Waals surface area contributed by atoms with Gasteiger partial charge in [0.05, 0.1) is 18.3 Å². The van der Waals surface area contributed by atoms with E-state index in [1.807, 2.05) is 6.92 Å². The van der Waals surface area contributed by atoms with E-state index in [4.69, 9.17) is 14.2 Å². The molecule has 0 radical (unpaired) electrons. The molecule has 1 fully saturated rings. The molecule has 0 spiro atoms. The molecule has 29 heavy (non-hydrogen) atoms. The summed E-state index contributed by atoms with van der Waals surface area (Å²) in [5.74, 6) is -1.09. The second-order valence-corrected chi connectivity index (χ2v) is 7.65. The van der Waals surface area contributed by atoms with Gasteiger partial charge in [-0.05, 0) is 39.5 Å². The summed E-state index contributed by atoms with van der Waals surface area (Å²) < 4.78 is 16.1. The van der Waals surface area contributed by atoms with Crippen molar-refractivity contribution < 1.29 is 49.6 Å². The van der Waals surface area contributed by atoms with E-state index in [1.54, 1.807) is 6.92 Å². The fraction of sp³-hybridized carbons (Fsp3) is 0.947. The Hall–Kier alpha value is -0.850. The number of esters is 1. The summed E-state index contributed by atoms with van der Waals surface area (Å²) in [4.78, 5) is 12.1. The summed E-state index contributed by atoms with van der Waals surface area (Å²) in [5.41, 5.74) is -2.11. The Morgan fingerprint density at radius 3 is 2.21 bits per heavy atom. The highest BCUT2D eigenvalue weighted by Gasteiger charge is 2.46. The van der Waals surface area contributed by atoms with Gasteiger partial charge in [-0.2, -0.15) is 0 Å². The molecule has 0 saturated carbocycles. The molecule has 0 unspecified atom stereocenters. The van der Waals surface area contributed by atoms with Gasteiger partial charge < -0.3 is 44.8 Å². The third-order valence-corrected chi connectivity index (χ3v) is 5.37. The zero-order valence-corrected chi connectivity index (χ0v) is 17.5. The van der Waals surface area contributed by atoms with E-state index in [2.05, 4.69) is 0 Å². The second kappa shape index (κ2) is 11.5. The molecule has 0 amide bonds. The Balaban J connectivity index is 2.70. The van der Waals surface area contributed by atoms with Crippen LogP contribution >= 0.6 is 0 Å². The summed E-state index contributed by atoms with van der Waals surface area (Å²) in [5, 5.41) is 59.8. The SMILES string of the molecule is CC[C@H](O)CC[C@@H](C)O[C@@H]1O[C@H](COC(=O)[C@](O)(CC)[C@@H](C)O)[C@@H](O)[C@H](O)[C@H]1O. The number of aliphatic hydroxyl groups excluding tert-OH is 5. The predicted octanol–water partition coefficient (Wildman–Crippen LogP) is -1.18. The fourth-order valence-corrected chi connectivity index (χ4v) is 2.99. The zero-order valence-electron chi connectivity index (χ0n) is 17.5. The van der Waals surface area contributed by atoms with Crippen LogP contribution in [-0.2, 0) is 19.0 Å². The third-order valence-electron chi connectivity index (χ3n) is 5.37. The van der Waals surface area contributed by atoms with Crippen molar-refractivity contribution in [2.75, 3.05) is 6.61 Å². The Morgan fingerprint density at radius 2 is 1.69 bits per heavy atom. The van der Waals surface area contributed by atoms with E-state index in [9.17, 15) is 35.4 Å². The van der Waals surface area contributed by atoms with Gasteiger partial charge in [0.2, 0.25) is 0 Å². The van der Waals surface area contributed by atoms with Crippen LogP contribution in [0.2, 0.25) is 0 Å². The van der Waals surface area contributed by atoms with Gasteiger partial charge in [0.25, 0.3) is 0 Å². The highest BCUT2D eigenvalue weighted by atomic mass is 16.7. The molecule has 1 saturated heterocycles. The van der Waals surface area contributed by atoms with Crippen molar-refractivity contribution in [1.82, 2.24) is 0 Å². The molecule has 0 aromatic heterocycles. The predicted molar refractivity (Wildman–Crippen MR) is 101 cm³/mol. The van der Waals surface area contributed by atoms with Crippen molar-refractivity contribution in [2.24, 2.45) is 0 Å². The monoisotopic (exact) mass is 424 g/mol. The molecule has 1 rings (SSSR count). The van der Waals surface area contributed by atoms with Gasteiger partial charge >= 0.3 is 5.97 Å². The van der Waals surface area contributed by atoms with E-state index in [1.165, 1.54) is 13.8 Å². The van der Waals surface area contributed by atoms with Crippen LogP contribution in [0, 0.1) is 0 Å². The maximum atomic E-state index is 12.1. The molecular weight excluding hydrogens is 388 g/mol. The molecular formula is C19H36O10. The molecule has 0 aliphatic carbocycles. The van der Waals surface area contributed by atoms with Crippen molar-refractivity contribution in [1.29, 1.82) is 0 Å². The number of carbonyl (C=O) groups is 1. The van der Waals surface area contributed by atoms with Gasteiger partial charge in [-0.3, -0.25) is 0 Å². The van der Waals surface area contributed by atoms with Crippen LogP contribution < -0.4 is 0 Å². The average Bonchev–Trinajstić information content (AvgIpc) is 2.70. The Bertz CT molecular complexity index is 501. The van der Waals surface area contributed by atoms with E-state index >= 15 is 0 Å². The minimum Gasteiger partial charge on any atom is -0.461 e. The van der Waals surface area contributed by atoms with Crippen molar-refractivity contribution in [3.05, 3.63) is 0 Å². The van der Waals surface area contributed by atoms with Crippen LogP contribution in [0.25, 0.3) is 0 Å². The van der Waals surface area contributed by atoms with Gasteiger partial charge in [-0.25, -0.2) is 4.79 Å². The van der Waals surface area contributed by atoms with E-state index in [-0.39, 0.29) is 6.42 Å². The Kier molecular flexibility index (Phi) is 10.4. The first kappa shape index (κ1) is 26.2. The van der Waals surface area contributed by atoms with E-state index in [0.717, 1.165) is 0 Å². The molecule has 0 aromatic carbocycles. The number of ether oxygens (including phenoxy) is 3. The normalized spacial score (nSPS) is 32.8. The second-order valence-electron chi connectivity index (χ2n) is 7.65. The van der Waals surface area contributed by atoms with Crippen molar-refractivity contribution >= 4 is 5.97 Å². The lowest BCUT2D eigenvalue weighted by Gasteiger charge is -2.41. The quantitative estimate of drug-likeness (QED) is 0.222. The van der Waals surface area contributed by atoms with Crippen LogP contribution in [0.5, 0.6) is 0 Å². The minimum atomic E-state index is -2.11. The maximum absolute atomic E-state index is 12.1. The Labute approximate surface area is 171 Å². The lowest BCUT2D eigenvalue weighted by Crippen LogP contribution is -2.60. The largest absolute Gasteiger partial charge is 0.461 e. The molecule has 6 N–H and O–H groups in total. The number of carbonyl (C=O) groups excluding carboxylic acids is 1. The topological polar surface area (TPSA) is 166 Å². The molecule has 1 aliphatic heterocycles. The minimum absolute atomic E-state index is 0.0915. The van der Waals surface area contributed by atoms with Crippen molar-refractivity contribution in [3.8, 4) is 0 Å². The van der Waals surface area contributed by atoms with Gasteiger partial charge in [0.15, 0.2) is 11.9 Å². The first-order valence-corrected chi connectivity index (χ1v) is 10.1. The smallest absolute Gasteiger partial charge is 0.340 e. The van der Waals surface area contributed by atoms with Crippen molar-refractivity contribution in [3.63, 3.8) is 0 Å². The number of hydrogen-bond acceptors (Lipinski definition) is 10. The van der Waals surface area contributed by atoms with Crippen LogP contribution in [0.3, 0.4) is 0 Å². The molecule has 10 heteroatoms. The molecule has 1 aliphatic rings. The van der Waals surface area contributed by atoms with E-state index in [0.29, 0.717) is 19.3 Å². The molecule has 0 bridgehead atoms. The third kappa shape index (κ3) is 6.83. The average molecular weight is 424 g/mol. The van der Waals surface area contributed by atoms with Crippen LogP contribution in [0.4, 0.5) is 0 Å². The first-order valence-electron chi connectivity index (χ1n) is 10.1. The summed E-state index contributed by atoms with van der Waals surface area (Å²) in [6, 6.07) is 0. The summed E-state index contributed by atoms with van der Waals surface area (Å²) >= 11 is 0. The molecule has 172 valence electrons.